The van der Waals surface area contributed by atoms with Crippen LogP contribution in [-0.2, 0) is 0 Å². The Hall–Kier alpha value is -3.66. The normalized spacial score (nSPS) is 16.5. The molecule has 30 heavy (non-hydrogen) atoms. The van der Waals surface area contributed by atoms with Gasteiger partial charge in [-0.2, -0.15) is 0 Å². The summed E-state index contributed by atoms with van der Waals surface area (Å²) in [6.45, 7) is 2.21. The summed E-state index contributed by atoms with van der Waals surface area (Å²) in [5.74, 6) is -0.630. The average molecular weight is 390 g/mol. The number of anilines is 1. The molecule has 4 nitrogen and oxygen atoms in total. The SMILES string of the molecule is O=C1NC(=O)c2ccc3c4ccc(N5CCCC5)c5cccc(c6ccc1c2c63)c54. The number of nitrogens with zero attached hydrogens (tertiary/aromatic N) is 1. The summed E-state index contributed by atoms with van der Waals surface area (Å²) in [5, 5.41) is 11.4. The fourth-order valence-electron chi connectivity index (χ4n) is 5.63. The van der Waals surface area contributed by atoms with Crippen molar-refractivity contribution in [2.24, 2.45) is 0 Å². The largest absolute Gasteiger partial charge is 0.371 e. The Morgan fingerprint density at radius 2 is 1.17 bits per heavy atom. The standard InChI is InChI=1S/C26H18N2O2/c29-25-19-8-6-16-14-4-3-5-18-21(28-12-1-2-13-28)11-10-15(22(14)18)17-7-9-20(26(30)27-25)24(19)23(16)17/h3-11H,1-2,12-13H2,(H,27,29,30). The molecule has 0 unspecified atom stereocenters. The summed E-state index contributed by atoms with van der Waals surface area (Å²) in [7, 11) is 0. The molecule has 2 amide bonds. The zero-order chi connectivity index (χ0) is 20.0. The minimum atomic E-state index is -0.315. The number of carbonyl (C=O) groups is 2. The van der Waals surface area contributed by atoms with Crippen LogP contribution in [0.25, 0.3) is 43.1 Å². The topological polar surface area (TPSA) is 49.4 Å². The zero-order valence-corrected chi connectivity index (χ0v) is 16.3. The smallest absolute Gasteiger partial charge is 0.258 e. The van der Waals surface area contributed by atoms with E-state index in [1.807, 2.05) is 24.3 Å². The van der Waals surface area contributed by atoms with Crippen molar-refractivity contribution < 1.29 is 9.59 Å². The molecule has 1 saturated heterocycles. The fourth-order valence-corrected chi connectivity index (χ4v) is 5.63. The number of carbonyl (C=O) groups excluding carboxylic acids is 2. The molecule has 0 aromatic heterocycles. The van der Waals surface area contributed by atoms with Gasteiger partial charge in [0.05, 0.1) is 0 Å². The van der Waals surface area contributed by atoms with Crippen LogP contribution in [0.4, 0.5) is 5.69 Å². The summed E-state index contributed by atoms with van der Waals surface area (Å²) in [6, 6.07) is 18.8. The molecular formula is C26H18N2O2. The number of fused-ring (bicyclic) bond motifs is 2. The van der Waals surface area contributed by atoms with Gasteiger partial charge in [0.25, 0.3) is 11.8 Å². The third-order valence-electron chi connectivity index (χ3n) is 6.92. The fraction of sp³-hybridized carbons (Fsp3) is 0.154. The molecule has 5 aromatic carbocycles. The molecular weight excluding hydrogens is 372 g/mol. The first-order chi connectivity index (χ1) is 14.7. The number of nitrogens with one attached hydrogen (secondary N) is 1. The highest BCUT2D eigenvalue weighted by Crippen LogP contribution is 2.45. The van der Waals surface area contributed by atoms with Crippen molar-refractivity contribution in [2.75, 3.05) is 18.0 Å². The number of benzene rings is 5. The maximum atomic E-state index is 12.5. The summed E-state index contributed by atoms with van der Waals surface area (Å²) < 4.78 is 0. The summed E-state index contributed by atoms with van der Waals surface area (Å²) >= 11 is 0. The second-order valence-corrected chi connectivity index (χ2v) is 8.41. The van der Waals surface area contributed by atoms with Crippen LogP contribution in [0.5, 0.6) is 0 Å². The second kappa shape index (κ2) is 5.48. The van der Waals surface area contributed by atoms with E-state index in [9.17, 15) is 9.59 Å². The number of rotatable bonds is 1. The number of imide groups is 1. The molecule has 7 rings (SSSR count). The Kier molecular flexibility index (Phi) is 2.95. The van der Waals surface area contributed by atoms with Gasteiger partial charge in [-0.1, -0.05) is 36.4 Å². The van der Waals surface area contributed by atoms with Crippen molar-refractivity contribution in [3.05, 3.63) is 65.7 Å². The zero-order valence-electron chi connectivity index (χ0n) is 16.3. The Bertz CT molecular complexity index is 1490. The van der Waals surface area contributed by atoms with Gasteiger partial charge in [-0.25, -0.2) is 0 Å². The van der Waals surface area contributed by atoms with E-state index in [-0.39, 0.29) is 11.8 Å². The lowest BCUT2D eigenvalue weighted by atomic mass is 9.85. The van der Waals surface area contributed by atoms with E-state index in [0.717, 1.165) is 34.6 Å². The number of hydrogen-bond acceptors (Lipinski definition) is 3. The van der Waals surface area contributed by atoms with Crippen LogP contribution >= 0.6 is 0 Å². The van der Waals surface area contributed by atoms with Gasteiger partial charge in [-0.05, 0) is 63.4 Å². The Balaban J connectivity index is 1.71. The van der Waals surface area contributed by atoms with E-state index in [0.29, 0.717) is 11.1 Å². The molecule has 0 spiro atoms. The quantitative estimate of drug-likeness (QED) is 0.242. The second-order valence-electron chi connectivity index (χ2n) is 8.41. The molecule has 0 bridgehead atoms. The predicted molar refractivity (Wildman–Crippen MR) is 121 cm³/mol. The lowest BCUT2D eigenvalue weighted by Crippen LogP contribution is -2.34. The minimum absolute atomic E-state index is 0.315. The van der Waals surface area contributed by atoms with Crippen molar-refractivity contribution in [2.45, 2.75) is 12.8 Å². The average Bonchev–Trinajstić information content (AvgIpc) is 3.30. The molecule has 0 saturated carbocycles. The first-order valence-electron chi connectivity index (χ1n) is 10.5. The molecule has 0 radical (unpaired) electrons. The molecule has 2 aliphatic heterocycles. The maximum Gasteiger partial charge on any atom is 0.258 e. The van der Waals surface area contributed by atoms with Gasteiger partial charge >= 0.3 is 0 Å². The van der Waals surface area contributed by atoms with Crippen LogP contribution in [0.2, 0.25) is 0 Å². The van der Waals surface area contributed by atoms with E-state index < -0.39 is 0 Å². The molecule has 2 aliphatic rings. The van der Waals surface area contributed by atoms with Gasteiger partial charge in [0.15, 0.2) is 0 Å². The van der Waals surface area contributed by atoms with Crippen molar-refractivity contribution in [1.82, 2.24) is 5.32 Å². The Morgan fingerprint density at radius 1 is 0.600 bits per heavy atom. The van der Waals surface area contributed by atoms with Gasteiger partial charge in [0, 0.05) is 40.7 Å². The van der Waals surface area contributed by atoms with Crippen LogP contribution in [0.3, 0.4) is 0 Å². The van der Waals surface area contributed by atoms with Crippen LogP contribution in [0, 0.1) is 0 Å². The third kappa shape index (κ3) is 1.86. The van der Waals surface area contributed by atoms with Crippen LogP contribution in [-0.4, -0.2) is 24.9 Å². The van der Waals surface area contributed by atoms with E-state index in [1.165, 1.54) is 40.1 Å². The lowest BCUT2D eigenvalue weighted by Gasteiger charge is -2.24. The van der Waals surface area contributed by atoms with Crippen molar-refractivity contribution >= 4 is 60.6 Å². The lowest BCUT2D eigenvalue weighted by molar-refractivity contribution is 0.0845. The van der Waals surface area contributed by atoms with Crippen LogP contribution in [0.1, 0.15) is 33.6 Å². The molecule has 144 valence electrons. The van der Waals surface area contributed by atoms with Gasteiger partial charge in [0.2, 0.25) is 0 Å². The van der Waals surface area contributed by atoms with E-state index >= 15 is 0 Å². The van der Waals surface area contributed by atoms with Crippen molar-refractivity contribution in [3.63, 3.8) is 0 Å². The van der Waals surface area contributed by atoms with E-state index in [4.69, 9.17) is 0 Å². The van der Waals surface area contributed by atoms with E-state index in [1.54, 1.807) is 0 Å². The first-order valence-corrected chi connectivity index (χ1v) is 10.5. The van der Waals surface area contributed by atoms with Gasteiger partial charge in [-0.15, -0.1) is 0 Å². The highest BCUT2D eigenvalue weighted by atomic mass is 16.2. The summed E-state index contributed by atoms with van der Waals surface area (Å²) in [6.07, 6.45) is 2.49. The van der Waals surface area contributed by atoms with Crippen molar-refractivity contribution in [1.29, 1.82) is 0 Å². The van der Waals surface area contributed by atoms with Crippen LogP contribution < -0.4 is 10.2 Å². The highest BCUT2D eigenvalue weighted by molar-refractivity contribution is 6.38. The molecule has 1 N–H and O–H groups in total. The minimum Gasteiger partial charge on any atom is -0.371 e. The molecule has 5 aromatic rings. The van der Waals surface area contributed by atoms with Gasteiger partial charge in [-0.3, -0.25) is 14.9 Å². The van der Waals surface area contributed by atoms with Crippen LogP contribution in [0.15, 0.2) is 54.6 Å². The van der Waals surface area contributed by atoms with Crippen molar-refractivity contribution in [3.8, 4) is 0 Å². The maximum absolute atomic E-state index is 12.5. The third-order valence-corrected chi connectivity index (χ3v) is 6.92. The number of amides is 2. The molecule has 2 heterocycles. The van der Waals surface area contributed by atoms with Gasteiger partial charge in [0.1, 0.15) is 0 Å². The highest BCUT2D eigenvalue weighted by Gasteiger charge is 2.27. The predicted octanol–water partition coefficient (Wildman–Crippen LogP) is 5.22. The molecule has 0 atom stereocenters. The molecule has 1 fully saturated rings. The molecule has 0 aliphatic carbocycles. The Labute approximate surface area is 172 Å². The summed E-state index contributed by atoms with van der Waals surface area (Å²) in [4.78, 5) is 27.5. The molecule has 4 heteroatoms. The Morgan fingerprint density at radius 3 is 1.87 bits per heavy atom. The monoisotopic (exact) mass is 390 g/mol. The van der Waals surface area contributed by atoms with E-state index in [2.05, 4.69) is 40.5 Å². The first kappa shape index (κ1) is 16.2. The number of hydrogen-bond donors (Lipinski definition) is 1. The van der Waals surface area contributed by atoms with Gasteiger partial charge < -0.3 is 4.90 Å². The summed E-state index contributed by atoms with van der Waals surface area (Å²) in [5.41, 5.74) is 2.46.